The van der Waals surface area contributed by atoms with Gasteiger partial charge in [0.2, 0.25) is 5.91 Å². The van der Waals surface area contributed by atoms with E-state index in [9.17, 15) is 4.79 Å². The maximum absolute atomic E-state index is 12.4. The quantitative estimate of drug-likeness (QED) is 0.918. The summed E-state index contributed by atoms with van der Waals surface area (Å²) in [6, 6.07) is 14.3. The molecule has 2 aromatic rings. The van der Waals surface area contributed by atoms with Gasteiger partial charge in [0.15, 0.2) is 0 Å². The minimum Gasteiger partial charge on any atom is -0.379 e. The van der Waals surface area contributed by atoms with Crippen LogP contribution < -0.4 is 5.32 Å². The molecule has 0 aromatic heterocycles. The number of nitrogens with zero attached hydrogens (tertiary/aromatic N) is 1. The highest BCUT2D eigenvalue weighted by atomic mass is 16.5. The van der Waals surface area contributed by atoms with E-state index in [0.29, 0.717) is 13.0 Å². The molecule has 3 rings (SSSR count). The molecule has 24 heavy (non-hydrogen) atoms. The molecule has 128 valence electrons. The Hall–Kier alpha value is -1.91. The molecule has 1 aliphatic rings. The van der Waals surface area contributed by atoms with E-state index < -0.39 is 0 Å². The van der Waals surface area contributed by atoms with Crippen LogP contribution in [0.4, 0.5) is 0 Å². The number of rotatable bonds is 5. The van der Waals surface area contributed by atoms with Gasteiger partial charge >= 0.3 is 0 Å². The first-order valence-electron chi connectivity index (χ1n) is 8.62. The van der Waals surface area contributed by atoms with Gasteiger partial charge in [0.25, 0.3) is 0 Å². The Morgan fingerprint density at radius 2 is 1.83 bits per heavy atom. The third-order valence-electron chi connectivity index (χ3n) is 4.82. The molecule has 1 fully saturated rings. The molecule has 1 aliphatic heterocycles. The van der Waals surface area contributed by atoms with Crippen LogP contribution in [0.15, 0.2) is 42.5 Å². The van der Waals surface area contributed by atoms with Crippen molar-refractivity contribution >= 4 is 16.7 Å². The summed E-state index contributed by atoms with van der Waals surface area (Å²) in [5, 5.41) is 5.44. The summed E-state index contributed by atoms with van der Waals surface area (Å²) in [5.41, 5.74) is 1.02. The average molecular weight is 326 g/mol. The third kappa shape index (κ3) is 3.94. The Balaban J connectivity index is 1.61. The van der Waals surface area contributed by atoms with E-state index >= 15 is 0 Å². The Kier molecular flexibility index (Phi) is 5.17. The molecule has 0 radical (unpaired) electrons. The van der Waals surface area contributed by atoms with Gasteiger partial charge in [-0.2, -0.15) is 0 Å². The van der Waals surface area contributed by atoms with Crippen LogP contribution in [0.5, 0.6) is 0 Å². The van der Waals surface area contributed by atoms with E-state index in [1.807, 2.05) is 24.3 Å². The van der Waals surface area contributed by atoms with Crippen molar-refractivity contribution in [1.29, 1.82) is 0 Å². The molecule has 0 spiro atoms. The van der Waals surface area contributed by atoms with Crippen molar-refractivity contribution in [1.82, 2.24) is 10.2 Å². The number of amides is 1. The van der Waals surface area contributed by atoms with Crippen LogP contribution in [0.25, 0.3) is 10.8 Å². The zero-order valence-corrected chi connectivity index (χ0v) is 14.5. The van der Waals surface area contributed by atoms with Crippen molar-refractivity contribution in [3.8, 4) is 0 Å². The summed E-state index contributed by atoms with van der Waals surface area (Å²) < 4.78 is 5.41. The van der Waals surface area contributed by atoms with Crippen LogP contribution in [-0.2, 0) is 16.0 Å². The zero-order valence-electron chi connectivity index (χ0n) is 14.5. The van der Waals surface area contributed by atoms with Gasteiger partial charge in [0.05, 0.1) is 19.6 Å². The van der Waals surface area contributed by atoms with Crippen molar-refractivity contribution in [3.05, 3.63) is 48.0 Å². The van der Waals surface area contributed by atoms with Gasteiger partial charge in [0.1, 0.15) is 0 Å². The smallest absolute Gasteiger partial charge is 0.224 e. The zero-order chi connectivity index (χ0) is 17.0. The number of hydrogen-bond acceptors (Lipinski definition) is 3. The number of hydrogen-bond donors (Lipinski definition) is 1. The largest absolute Gasteiger partial charge is 0.379 e. The van der Waals surface area contributed by atoms with Gasteiger partial charge in [-0.05, 0) is 30.2 Å². The van der Waals surface area contributed by atoms with E-state index in [-0.39, 0.29) is 11.4 Å². The highest BCUT2D eigenvalue weighted by Crippen LogP contribution is 2.19. The van der Waals surface area contributed by atoms with Crippen molar-refractivity contribution in [2.75, 3.05) is 32.8 Å². The number of benzene rings is 2. The van der Waals surface area contributed by atoms with Crippen LogP contribution in [0.3, 0.4) is 0 Å². The van der Waals surface area contributed by atoms with Crippen LogP contribution in [0, 0.1) is 0 Å². The monoisotopic (exact) mass is 326 g/mol. The molecule has 0 bridgehead atoms. The van der Waals surface area contributed by atoms with Crippen molar-refractivity contribution in [2.24, 2.45) is 0 Å². The second-order valence-corrected chi connectivity index (χ2v) is 7.00. The second kappa shape index (κ2) is 7.32. The third-order valence-corrected chi connectivity index (χ3v) is 4.82. The minimum atomic E-state index is -0.0573. The Morgan fingerprint density at radius 3 is 2.62 bits per heavy atom. The topological polar surface area (TPSA) is 41.6 Å². The molecule has 4 heteroatoms. The van der Waals surface area contributed by atoms with Crippen LogP contribution >= 0.6 is 0 Å². The van der Waals surface area contributed by atoms with Gasteiger partial charge in [-0.3, -0.25) is 9.69 Å². The first-order chi connectivity index (χ1) is 11.6. The summed E-state index contributed by atoms with van der Waals surface area (Å²) in [6.07, 6.45) is 0.417. The van der Waals surface area contributed by atoms with Gasteiger partial charge in [0, 0.05) is 25.2 Å². The fourth-order valence-corrected chi connectivity index (χ4v) is 3.28. The number of carbonyl (C=O) groups excluding carboxylic acids is 1. The van der Waals surface area contributed by atoms with E-state index in [0.717, 1.165) is 37.3 Å². The maximum Gasteiger partial charge on any atom is 0.224 e. The molecule has 1 saturated heterocycles. The molecule has 0 saturated carbocycles. The molecule has 1 heterocycles. The highest BCUT2D eigenvalue weighted by Gasteiger charge is 2.28. The molecule has 2 aromatic carbocycles. The maximum atomic E-state index is 12.4. The highest BCUT2D eigenvalue weighted by molar-refractivity contribution is 5.90. The number of ether oxygens (including phenoxy) is 1. The Morgan fingerprint density at radius 1 is 1.12 bits per heavy atom. The van der Waals surface area contributed by atoms with Gasteiger partial charge in [-0.25, -0.2) is 0 Å². The lowest BCUT2D eigenvalue weighted by atomic mass is 10.0. The molecular weight excluding hydrogens is 300 g/mol. The van der Waals surface area contributed by atoms with Gasteiger partial charge in [-0.1, -0.05) is 42.5 Å². The number of fused-ring (bicyclic) bond motifs is 1. The number of carbonyl (C=O) groups is 1. The Bertz CT molecular complexity index is 700. The Labute approximate surface area is 143 Å². The molecule has 1 amide bonds. The summed E-state index contributed by atoms with van der Waals surface area (Å²) >= 11 is 0. The van der Waals surface area contributed by atoms with E-state index in [2.05, 4.69) is 42.3 Å². The second-order valence-electron chi connectivity index (χ2n) is 7.00. The lowest BCUT2D eigenvalue weighted by Gasteiger charge is -2.40. The molecule has 4 nitrogen and oxygen atoms in total. The predicted molar refractivity (Wildman–Crippen MR) is 97.1 cm³/mol. The summed E-state index contributed by atoms with van der Waals surface area (Å²) in [7, 11) is 0. The summed E-state index contributed by atoms with van der Waals surface area (Å²) in [4.78, 5) is 14.8. The van der Waals surface area contributed by atoms with E-state index in [1.165, 1.54) is 5.39 Å². The average Bonchev–Trinajstić information content (AvgIpc) is 2.61. The molecule has 0 atom stereocenters. The summed E-state index contributed by atoms with van der Waals surface area (Å²) in [6.45, 7) is 8.39. The predicted octanol–water partition coefficient (Wildman–Crippen LogP) is 2.61. The lowest BCUT2D eigenvalue weighted by molar-refractivity contribution is -0.121. The van der Waals surface area contributed by atoms with Crippen molar-refractivity contribution in [3.63, 3.8) is 0 Å². The normalized spacial score (nSPS) is 16.2. The van der Waals surface area contributed by atoms with Gasteiger partial charge < -0.3 is 10.1 Å². The molecule has 0 unspecified atom stereocenters. The summed E-state index contributed by atoms with van der Waals surface area (Å²) in [5.74, 6) is 0.0766. The van der Waals surface area contributed by atoms with Crippen LogP contribution in [-0.4, -0.2) is 49.2 Å². The van der Waals surface area contributed by atoms with E-state index in [4.69, 9.17) is 4.74 Å². The standard InChI is InChI=1S/C20H26N2O2/c1-20(2,22-10-12-24-13-11-22)15-21-19(23)14-17-8-5-7-16-6-3-4-9-18(16)17/h3-9H,10-15H2,1-2H3,(H,21,23). The number of morpholine rings is 1. The molecule has 0 aliphatic carbocycles. The van der Waals surface area contributed by atoms with Crippen LogP contribution in [0.2, 0.25) is 0 Å². The van der Waals surface area contributed by atoms with Crippen molar-refractivity contribution < 1.29 is 9.53 Å². The fourth-order valence-electron chi connectivity index (χ4n) is 3.28. The first kappa shape index (κ1) is 16.9. The SMILES string of the molecule is CC(C)(CNC(=O)Cc1cccc2ccccc12)N1CCOCC1. The van der Waals surface area contributed by atoms with Gasteiger partial charge in [-0.15, -0.1) is 0 Å². The fraction of sp³-hybridized carbons (Fsp3) is 0.450. The first-order valence-corrected chi connectivity index (χ1v) is 8.62. The molecule has 1 N–H and O–H groups in total. The minimum absolute atomic E-state index is 0.0573. The lowest BCUT2D eigenvalue weighted by Crippen LogP contribution is -2.55. The van der Waals surface area contributed by atoms with Crippen LogP contribution in [0.1, 0.15) is 19.4 Å². The number of nitrogens with one attached hydrogen (secondary N) is 1. The van der Waals surface area contributed by atoms with Crippen molar-refractivity contribution in [2.45, 2.75) is 25.8 Å². The molecular formula is C20H26N2O2. The van der Waals surface area contributed by atoms with E-state index in [1.54, 1.807) is 0 Å².